The van der Waals surface area contributed by atoms with Crippen LogP contribution in [0.4, 0.5) is 17.1 Å². The summed E-state index contributed by atoms with van der Waals surface area (Å²) in [6.07, 6.45) is 0. The van der Waals surface area contributed by atoms with Gasteiger partial charge in [-0.05, 0) is 80.9 Å². The van der Waals surface area contributed by atoms with Gasteiger partial charge in [-0.3, -0.25) is 0 Å². The van der Waals surface area contributed by atoms with Crippen LogP contribution in [0.1, 0.15) is 22.3 Å². The van der Waals surface area contributed by atoms with Gasteiger partial charge in [0.15, 0.2) is 5.58 Å². The van der Waals surface area contributed by atoms with Crippen LogP contribution in [-0.4, -0.2) is 0 Å². The first-order valence-corrected chi connectivity index (χ1v) is 17.5. The molecule has 2 nitrogen and oxygen atoms in total. The average molecular weight is 652 g/mol. The molecule has 0 radical (unpaired) electrons. The van der Waals surface area contributed by atoms with Gasteiger partial charge >= 0.3 is 0 Å². The normalized spacial score (nSPS) is 12.9. The first kappa shape index (κ1) is 29.3. The molecule has 0 N–H and O–H groups in total. The largest absolute Gasteiger partial charge is 0.454 e. The van der Waals surface area contributed by atoms with Crippen LogP contribution in [0, 0.1) is 0 Å². The summed E-state index contributed by atoms with van der Waals surface area (Å²) >= 11 is 0. The minimum absolute atomic E-state index is 0.538. The lowest BCUT2D eigenvalue weighted by molar-refractivity contribution is 0.668. The second kappa shape index (κ2) is 11.8. The zero-order valence-corrected chi connectivity index (χ0v) is 27.9. The first-order chi connectivity index (χ1) is 25.3. The minimum Gasteiger partial charge on any atom is -0.454 e. The number of hydrogen-bond acceptors (Lipinski definition) is 2. The van der Waals surface area contributed by atoms with Crippen molar-refractivity contribution in [2.45, 2.75) is 5.41 Å². The summed E-state index contributed by atoms with van der Waals surface area (Å²) < 4.78 is 7.04. The van der Waals surface area contributed by atoms with Crippen molar-refractivity contribution in [3.05, 3.63) is 222 Å². The molecular weight excluding hydrogens is 619 g/mol. The Morgan fingerprint density at radius 2 is 0.961 bits per heavy atom. The van der Waals surface area contributed by atoms with Crippen LogP contribution >= 0.6 is 0 Å². The number of fused-ring (bicyclic) bond motifs is 6. The van der Waals surface area contributed by atoms with Crippen molar-refractivity contribution < 1.29 is 4.42 Å². The van der Waals surface area contributed by atoms with E-state index in [2.05, 4.69) is 205 Å². The van der Waals surface area contributed by atoms with Crippen molar-refractivity contribution in [2.75, 3.05) is 4.90 Å². The van der Waals surface area contributed by atoms with Crippen LogP contribution in [0.25, 0.3) is 44.2 Å². The Kier molecular flexibility index (Phi) is 6.75. The maximum Gasteiger partial charge on any atom is 0.159 e. The van der Waals surface area contributed by atoms with Gasteiger partial charge in [0.2, 0.25) is 0 Å². The topological polar surface area (TPSA) is 16.4 Å². The second-order valence-corrected chi connectivity index (χ2v) is 13.2. The summed E-state index contributed by atoms with van der Waals surface area (Å²) in [7, 11) is 0. The Morgan fingerprint density at radius 1 is 0.412 bits per heavy atom. The summed E-state index contributed by atoms with van der Waals surface area (Å²) in [4.78, 5) is 2.32. The molecule has 1 aliphatic rings. The molecule has 0 saturated heterocycles. The van der Waals surface area contributed by atoms with E-state index in [0.29, 0.717) is 0 Å². The third kappa shape index (κ3) is 4.43. The molecule has 0 bridgehead atoms. The van der Waals surface area contributed by atoms with Gasteiger partial charge in [0.05, 0.1) is 11.1 Å². The van der Waals surface area contributed by atoms with Gasteiger partial charge < -0.3 is 9.32 Å². The van der Waals surface area contributed by atoms with Crippen LogP contribution in [0.5, 0.6) is 0 Å². The van der Waals surface area contributed by atoms with E-state index >= 15 is 0 Å². The Bertz CT molecular complexity index is 2650. The quantitative estimate of drug-likeness (QED) is 0.178. The van der Waals surface area contributed by atoms with Crippen LogP contribution < -0.4 is 4.90 Å². The fourth-order valence-electron chi connectivity index (χ4n) is 8.46. The van der Waals surface area contributed by atoms with Crippen molar-refractivity contribution in [3.63, 3.8) is 0 Å². The molecule has 0 aliphatic heterocycles. The average Bonchev–Trinajstić information content (AvgIpc) is 3.74. The zero-order valence-electron chi connectivity index (χ0n) is 27.9. The highest BCUT2D eigenvalue weighted by Crippen LogP contribution is 2.58. The van der Waals surface area contributed by atoms with E-state index in [9.17, 15) is 0 Å². The van der Waals surface area contributed by atoms with Crippen LogP contribution in [0.15, 0.2) is 205 Å². The Balaban J connectivity index is 1.27. The molecule has 2 heteroatoms. The maximum atomic E-state index is 7.04. The lowest BCUT2D eigenvalue weighted by Crippen LogP contribution is -2.28. The van der Waals surface area contributed by atoms with E-state index in [4.69, 9.17) is 4.42 Å². The molecule has 0 unspecified atom stereocenters. The summed E-state index contributed by atoms with van der Waals surface area (Å²) in [5, 5.41) is 2.23. The van der Waals surface area contributed by atoms with Crippen LogP contribution in [-0.2, 0) is 5.41 Å². The molecule has 10 rings (SSSR count). The second-order valence-electron chi connectivity index (χ2n) is 13.2. The van der Waals surface area contributed by atoms with E-state index in [1.165, 1.54) is 38.9 Å². The summed E-state index contributed by atoms with van der Waals surface area (Å²) in [6, 6.07) is 71.9. The number of nitrogens with zero attached hydrogens (tertiary/aromatic N) is 1. The zero-order chi connectivity index (χ0) is 33.8. The fraction of sp³-hybridized carbons (Fsp3) is 0.0204. The van der Waals surface area contributed by atoms with E-state index in [-0.39, 0.29) is 0 Å². The molecule has 1 heterocycles. The molecule has 1 aliphatic carbocycles. The van der Waals surface area contributed by atoms with Crippen molar-refractivity contribution in [3.8, 4) is 22.3 Å². The van der Waals surface area contributed by atoms with Crippen molar-refractivity contribution in [1.29, 1.82) is 0 Å². The van der Waals surface area contributed by atoms with Gasteiger partial charge in [0.1, 0.15) is 5.58 Å². The van der Waals surface area contributed by atoms with Crippen LogP contribution in [0.2, 0.25) is 0 Å². The third-order valence-electron chi connectivity index (χ3n) is 10.5. The Hall–Kier alpha value is -6.64. The molecule has 0 saturated carbocycles. The van der Waals surface area contributed by atoms with E-state index < -0.39 is 5.41 Å². The van der Waals surface area contributed by atoms with Crippen LogP contribution in [0.3, 0.4) is 0 Å². The predicted molar refractivity (Wildman–Crippen MR) is 211 cm³/mol. The Morgan fingerprint density at radius 3 is 1.69 bits per heavy atom. The lowest BCUT2D eigenvalue weighted by atomic mass is 9.66. The molecule has 51 heavy (non-hydrogen) atoms. The molecule has 0 amide bonds. The lowest BCUT2D eigenvalue weighted by Gasteiger charge is -2.34. The maximum absolute atomic E-state index is 7.04. The number of hydrogen-bond donors (Lipinski definition) is 0. The highest BCUT2D eigenvalue weighted by Gasteiger charge is 2.47. The standard InChI is InChI=1S/C49H33NO/c1-4-17-34(18-5-1)35-19-14-24-38(33-35)50(37-22-8-3-9-23-37)45-31-15-27-41-47-44(30-16-32-46(47)51-48(41)45)49(36-20-6-2-7-21-36)42-28-12-10-25-39(42)40-26-11-13-29-43(40)49/h1-33H. The Labute approximate surface area is 297 Å². The van der Waals surface area contributed by atoms with Gasteiger partial charge in [-0.15, -0.1) is 0 Å². The van der Waals surface area contributed by atoms with Gasteiger partial charge in [-0.2, -0.15) is 0 Å². The smallest absolute Gasteiger partial charge is 0.159 e. The molecule has 0 fully saturated rings. The first-order valence-electron chi connectivity index (χ1n) is 17.5. The van der Waals surface area contributed by atoms with Gasteiger partial charge in [0.25, 0.3) is 0 Å². The van der Waals surface area contributed by atoms with Crippen molar-refractivity contribution in [1.82, 2.24) is 0 Å². The van der Waals surface area contributed by atoms with Crippen molar-refractivity contribution in [2.24, 2.45) is 0 Å². The summed E-state index contributed by atoms with van der Waals surface area (Å²) in [6.45, 7) is 0. The fourth-order valence-corrected chi connectivity index (χ4v) is 8.46. The van der Waals surface area contributed by atoms with Gasteiger partial charge in [-0.25, -0.2) is 0 Å². The predicted octanol–water partition coefficient (Wildman–Crippen LogP) is 13.1. The molecule has 0 spiro atoms. The van der Waals surface area contributed by atoms with Gasteiger partial charge in [-0.1, -0.05) is 164 Å². The molecule has 240 valence electrons. The molecule has 1 aromatic heterocycles. The molecule has 0 atom stereocenters. The minimum atomic E-state index is -0.538. The number of furan rings is 1. The SMILES string of the molecule is c1ccc(-c2cccc(N(c3ccccc3)c3cccc4c3oc3cccc(C5(c6ccccc6)c6ccccc6-c6ccccc65)c34)c2)cc1. The number of benzene rings is 8. The van der Waals surface area contributed by atoms with E-state index in [1.807, 2.05) is 0 Å². The van der Waals surface area contributed by atoms with E-state index in [1.54, 1.807) is 0 Å². The highest BCUT2D eigenvalue weighted by molar-refractivity contribution is 6.13. The molecule has 9 aromatic rings. The molecular formula is C49H33NO. The highest BCUT2D eigenvalue weighted by atomic mass is 16.3. The third-order valence-corrected chi connectivity index (χ3v) is 10.5. The molecule has 8 aromatic carbocycles. The summed E-state index contributed by atoms with van der Waals surface area (Å²) in [5.41, 5.74) is 14.3. The van der Waals surface area contributed by atoms with E-state index in [0.717, 1.165) is 44.6 Å². The number of anilines is 3. The van der Waals surface area contributed by atoms with Gasteiger partial charge in [0, 0.05) is 22.1 Å². The monoisotopic (exact) mass is 651 g/mol. The van der Waals surface area contributed by atoms with Crippen molar-refractivity contribution >= 4 is 39.0 Å². The summed E-state index contributed by atoms with van der Waals surface area (Å²) in [5.74, 6) is 0. The number of para-hydroxylation sites is 2. The number of rotatable bonds is 6.